The number of hydrogen-bond acceptors (Lipinski definition) is 3. The Morgan fingerprint density at radius 2 is 2.06 bits per heavy atom. The lowest BCUT2D eigenvalue weighted by Gasteiger charge is -2.07. The molecule has 0 saturated carbocycles. The van der Waals surface area contributed by atoms with E-state index in [1.807, 2.05) is 30.3 Å². The maximum absolute atomic E-state index is 11.5. The quantitative estimate of drug-likeness (QED) is 0.773. The Hall–Kier alpha value is -2.10. The molecular weight excluding hydrogens is 204 g/mol. The number of nitrogens with zero attached hydrogens (tertiary/aromatic N) is 2. The molecule has 16 heavy (non-hydrogen) atoms. The first-order chi connectivity index (χ1) is 7.75. The van der Waals surface area contributed by atoms with Crippen LogP contribution in [0, 0.1) is 6.92 Å². The van der Waals surface area contributed by atoms with Crippen molar-refractivity contribution in [2.45, 2.75) is 13.5 Å². The lowest BCUT2D eigenvalue weighted by atomic mass is 10.2. The second kappa shape index (κ2) is 4.61. The van der Waals surface area contributed by atoms with Gasteiger partial charge in [-0.1, -0.05) is 30.3 Å². The summed E-state index contributed by atoms with van der Waals surface area (Å²) in [6.07, 6.45) is 1.39. The molecule has 0 aliphatic heterocycles. The van der Waals surface area contributed by atoms with Gasteiger partial charge in [0, 0.05) is 11.8 Å². The summed E-state index contributed by atoms with van der Waals surface area (Å²) in [7, 11) is 0. The fourth-order valence-corrected chi connectivity index (χ4v) is 1.30. The van der Waals surface area contributed by atoms with Crippen molar-refractivity contribution in [3.05, 3.63) is 64.3 Å². The summed E-state index contributed by atoms with van der Waals surface area (Å²) in [6, 6.07) is 11.1. The minimum Gasteiger partial charge on any atom is -0.405 e. The summed E-state index contributed by atoms with van der Waals surface area (Å²) in [5, 5.41) is 0. The molecule has 0 fully saturated rings. The maximum atomic E-state index is 11.5. The molecule has 4 heteroatoms. The van der Waals surface area contributed by atoms with Crippen LogP contribution in [-0.2, 0) is 6.61 Å². The monoisotopic (exact) mass is 216 g/mol. The van der Waals surface area contributed by atoms with E-state index in [2.05, 4.69) is 4.98 Å². The Morgan fingerprint density at radius 1 is 1.31 bits per heavy atom. The number of benzene rings is 1. The van der Waals surface area contributed by atoms with Crippen molar-refractivity contribution in [3.63, 3.8) is 0 Å². The third-order valence-electron chi connectivity index (χ3n) is 2.13. The second-order valence-corrected chi connectivity index (χ2v) is 3.45. The molecule has 1 aromatic heterocycles. The van der Waals surface area contributed by atoms with Gasteiger partial charge in [0.2, 0.25) is 0 Å². The van der Waals surface area contributed by atoms with Crippen LogP contribution in [0.4, 0.5) is 0 Å². The Labute approximate surface area is 93.1 Å². The van der Waals surface area contributed by atoms with Crippen molar-refractivity contribution in [2.24, 2.45) is 0 Å². The molecular formula is C12H12N2O2. The van der Waals surface area contributed by atoms with Crippen molar-refractivity contribution in [1.82, 2.24) is 9.71 Å². The maximum Gasteiger partial charge on any atom is 0.286 e. The van der Waals surface area contributed by atoms with Crippen molar-refractivity contribution >= 4 is 0 Å². The topological polar surface area (TPSA) is 44.1 Å². The van der Waals surface area contributed by atoms with Gasteiger partial charge in [-0.25, -0.2) is 4.98 Å². The van der Waals surface area contributed by atoms with E-state index in [0.717, 1.165) is 10.3 Å². The molecule has 0 amide bonds. The van der Waals surface area contributed by atoms with E-state index in [1.165, 1.54) is 12.4 Å². The second-order valence-electron chi connectivity index (χ2n) is 3.45. The summed E-state index contributed by atoms with van der Waals surface area (Å²) in [5.41, 5.74) is 1.49. The van der Waals surface area contributed by atoms with Gasteiger partial charge in [-0.3, -0.25) is 4.79 Å². The molecule has 0 atom stereocenters. The van der Waals surface area contributed by atoms with E-state index in [4.69, 9.17) is 4.84 Å². The summed E-state index contributed by atoms with van der Waals surface area (Å²) in [4.78, 5) is 20.8. The molecule has 0 N–H and O–H groups in total. The number of rotatable bonds is 3. The van der Waals surface area contributed by atoms with Crippen molar-refractivity contribution in [3.8, 4) is 0 Å². The van der Waals surface area contributed by atoms with E-state index in [-0.39, 0.29) is 5.56 Å². The van der Waals surface area contributed by atoms with Crippen LogP contribution < -0.4 is 10.4 Å². The first kappa shape index (κ1) is 10.4. The smallest absolute Gasteiger partial charge is 0.286 e. The largest absolute Gasteiger partial charge is 0.405 e. The van der Waals surface area contributed by atoms with Crippen LogP contribution in [-0.4, -0.2) is 9.71 Å². The summed E-state index contributed by atoms with van der Waals surface area (Å²) in [6.45, 7) is 2.12. The van der Waals surface area contributed by atoms with Crippen LogP contribution in [0.2, 0.25) is 0 Å². The standard InChI is InChI=1S/C12H12N2O2/c1-10-7-12(15)14(9-13-10)16-8-11-5-3-2-4-6-11/h2-7,9H,8H2,1H3. The van der Waals surface area contributed by atoms with Gasteiger partial charge in [0.25, 0.3) is 5.56 Å². The molecule has 82 valence electrons. The van der Waals surface area contributed by atoms with Gasteiger partial charge in [0.15, 0.2) is 0 Å². The fraction of sp³-hybridized carbons (Fsp3) is 0.167. The van der Waals surface area contributed by atoms with Gasteiger partial charge in [-0.2, -0.15) is 0 Å². The molecule has 0 radical (unpaired) electrons. The zero-order chi connectivity index (χ0) is 11.4. The van der Waals surface area contributed by atoms with Crippen LogP contribution in [0.3, 0.4) is 0 Å². The Bertz CT molecular complexity index is 520. The van der Waals surface area contributed by atoms with Crippen molar-refractivity contribution in [1.29, 1.82) is 0 Å². The lowest BCUT2D eigenvalue weighted by molar-refractivity contribution is 0.0864. The lowest BCUT2D eigenvalue weighted by Crippen LogP contribution is -2.26. The molecule has 1 aromatic carbocycles. The van der Waals surface area contributed by atoms with Gasteiger partial charge < -0.3 is 4.84 Å². The molecule has 0 unspecified atom stereocenters. The third kappa shape index (κ3) is 2.48. The van der Waals surface area contributed by atoms with E-state index >= 15 is 0 Å². The molecule has 0 aliphatic rings. The fourth-order valence-electron chi connectivity index (χ4n) is 1.30. The first-order valence-corrected chi connectivity index (χ1v) is 4.98. The minimum atomic E-state index is -0.205. The first-order valence-electron chi connectivity index (χ1n) is 4.98. The molecule has 4 nitrogen and oxygen atoms in total. The summed E-state index contributed by atoms with van der Waals surface area (Å²) in [5.74, 6) is 0. The van der Waals surface area contributed by atoms with Gasteiger partial charge >= 0.3 is 0 Å². The molecule has 1 heterocycles. The Kier molecular flexibility index (Phi) is 3.00. The highest BCUT2D eigenvalue weighted by Gasteiger charge is 1.98. The average molecular weight is 216 g/mol. The van der Waals surface area contributed by atoms with Gasteiger partial charge in [0.05, 0.1) is 0 Å². The van der Waals surface area contributed by atoms with Crippen molar-refractivity contribution in [2.75, 3.05) is 0 Å². The SMILES string of the molecule is Cc1cc(=O)n(OCc2ccccc2)cn1. The van der Waals surface area contributed by atoms with E-state index in [9.17, 15) is 4.79 Å². The number of aromatic nitrogens is 2. The Morgan fingerprint density at radius 3 is 2.75 bits per heavy atom. The average Bonchev–Trinajstić information content (AvgIpc) is 2.29. The molecule has 2 aromatic rings. The molecule has 2 rings (SSSR count). The van der Waals surface area contributed by atoms with Crippen LogP contribution in [0.25, 0.3) is 0 Å². The van der Waals surface area contributed by atoms with Gasteiger partial charge in [-0.05, 0) is 12.5 Å². The highest BCUT2D eigenvalue weighted by atomic mass is 16.7. The summed E-state index contributed by atoms with van der Waals surface area (Å²) < 4.78 is 1.14. The normalized spacial score (nSPS) is 10.1. The van der Waals surface area contributed by atoms with Crippen LogP contribution >= 0.6 is 0 Å². The Balaban J connectivity index is 2.08. The highest BCUT2D eigenvalue weighted by Crippen LogP contribution is 1.97. The zero-order valence-electron chi connectivity index (χ0n) is 8.96. The highest BCUT2D eigenvalue weighted by molar-refractivity contribution is 5.13. The van der Waals surface area contributed by atoms with Crippen molar-refractivity contribution < 1.29 is 4.84 Å². The van der Waals surface area contributed by atoms with Gasteiger partial charge in [0.1, 0.15) is 12.9 Å². The minimum absolute atomic E-state index is 0.205. The predicted octanol–water partition coefficient (Wildman–Crippen LogP) is 1.18. The van der Waals surface area contributed by atoms with Crippen LogP contribution in [0.5, 0.6) is 0 Å². The molecule has 0 aliphatic carbocycles. The summed E-state index contributed by atoms with van der Waals surface area (Å²) >= 11 is 0. The van der Waals surface area contributed by atoms with E-state index < -0.39 is 0 Å². The molecule has 0 bridgehead atoms. The number of hydrogen-bond donors (Lipinski definition) is 0. The van der Waals surface area contributed by atoms with Crippen LogP contribution in [0.1, 0.15) is 11.3 Å². The predicted molar refractivity (Wildman–Crippen MR) is 60.0 cm³/mol. The van der Waals surface area contributed by atoms with Crippen LogP contribution in [0.15, 0.2) is 47.5 Å². The number of aryl methyl sites for hydroxylation is 1. The van der Waals surface area contributed by atoms with Gasteiger partial charge in [-0.15, -0.1) is 4.73 Å². The van der Waals surface area contributed by atoms with E-state index in [1.54, 1.807) is 6.92 Å². The molecule has 0 spiro atoms. The zero-order valence-corrected chi connectivity index (χ0v) is 8.96. The third-order valence-corrected chi connectivity index (χ3v) is 2.13. The van der Waals surface area contributed by atoms with E-state index in [0.29, 0.717) is 12.3 Å². The molecule has 0 saturated heterocycles.